The van der Waals surface area contributed by atoms with Crippen LogP contribution in [-0.4, -0.2) is 60.3 Å². The molecular formula is C14H24N2O4. The lowest BCUT2D eigenvalue weighted by Gasteiger charge is -2.35. The fourth-order valence-corrected chi connectivity index (χ4v) is 2.84. The summed E-state index contributed by atoms with van der Waals surface area (Å²) in [5.41, 5.74) is 0. The van der Waals surface area contributed by atoms with Gasteiger partial charge in [0.1, 0.15) is 0 Å². The van der Waals surface area contributed by atoms with E-state index in [2.05, 4.69) is 5.32 Å². The zero-order chi connectivity index (χ0) is 14.4. The van der Waals surface area contributed by atoms with Crippen LogP contribution in [0.3, 0.4) is 0 Å². The summed E-state index contributed by atoms with van der Waals surface area (Å²) < 4.78 is 5.53. The van der Waals surface area contributed by atoms with Gasteiger partial charge < -0.3 is 20.1 Å². The molecule has 2 saturated heterocycles. The van der Waals surface area contributed by atoms with Gasteiger partial charge in [0.25, 0.3) is 0 Å². The van der Waals surface area contributed by atoms with Crippen LogP contribution in [0.1, 0.15) is 38.5 Å². The number of carboxylic acid groups (broad SMARTS) is 1. The van der Waals surface area contributed by atoms with Crippen LogP contribution in [0.4, 0.5) is 0 Å². The number of ether oxygens (including phenoxy) is 1. The van der Waals surface area contributed by atoms with Crippen LogP contribution in [0.2, 0.25) is 0 Å². The molecule has 1 unspecified atom stereocenters. The lowest BCUT2D eigenvalue weighted by Crippen LogP contribution is -2.51. The predicted molar refractivity (Wildman–Crippen MR) is 73.4 cm³/mol. The average molecular weight is 284 g/mol. The second-order valence-electron chi connectivity index (χ2n) is 5.54. The second-order valence-corrected chi connectivity index (χ2v) is 5.54. The van der Waals surface area contributed by atoms with Crippen molar-refractivity contribution in [2.45, 2.75) is 50.7 Å². The number of hydrogen-bond acceptors (Lipinski definition) is 4. The lowest BCUT2D eigenvalue weighted by molar-refractivity contribution is -0.139. The number of rotatable bonds is 5. The van der Waals surface area contributed by atoms with Gasteiger partial charge in [-0.3, -0.25) is 9.59 Å². The van der Waals surface area contributed by atoms with Gasteiger partial charge in [0, 0.05) is 13.1 Å². The van der Waals surface area contributed by atoms with E-state index in [-0.39, 0.29) is 31.1 Å². The minimum Gasteiger partial charge on any atom is -0.481 e. The fourth-order valence-electron chi connectivity index (χ4n) is 2.84. The van der Waals surface area contributed by atoms with Crippen LogP contribution >= 0.6 is 0 Å². The van der Waals surface area contributed by atoms with Crippen LogP contribution in [0.15, 0.2) is 0 Å². The van der Waals surface area contributed by atoms with Crippen molar-refractivity contribution in [1.29, 1.82) is 0 Å². The summed E-state index contributed by atoms with van der Waals surface area (Å²) in [4.78, 5) is 24.6. The minimum atomic E-state index is -0.832. The lowest BCUT2D eigenvalue weighted by atomic mass is 10.0. The molecule has 114 valence electrons. The first-order valence-electron chi connectivity index (χ1n) is 7.52. The number of carbonyl (C=O) groups is 2. The van der Waals surface area contributed by atoms with Gasteiger partial charge in [0.05, 0.1) is 25.2 Å². The number of nitrogens with one attached hydrogen (secondary N) is 1. The third kappa shape index (κ3) is 4.45. The van der Waals surface area contributed by atoms with E-state index < -0.39 is 5.97 Å². The summed E-state index contributed by atoms with van der Waals surface area (Å²) in [7, 11) is 0. The van der Waals surface area contributed by atoms with E-state index in [9.17, 15) is 9.59 Å². The van der Waals surface area contributed by atoms with Crippen molar-refractivity contribution in [3.8, 4) is 0 Å². The first kappa shape index (κ1) is 15.3. The van der Waals surface area contributed by atoms with Crippen LogP contribution in [0.25, 0.3) is 0 Å². The maximum atomic E-state index is 12.3. The summed E-state index contributed by atoms with van der Waals surface area (Å²) >= 11 is 0. The van der Waals surface area contributed by atoms with Crippen LogP contribution in [-0.2, 0) is 14.3 Å². The van der Waals surface area contributed by atoms with E-state index in [4.69, 9.17) is 9.84 Å². The van der Waals surface area contributed by atoms with E-state index in [1.54, 1.807) is 0 Å². The highest BCUT2D eigenvalue weighted by molar-refractivity contribution is 5.82. The third-order valence-corrected chi connectivity index (χ3v) is 4.03. The molecule has 6 nitrogen and oxygen atoms in total. The average Bonchev–Trinajstić information content (AvgIpc) is 2.48. The first-order valence-corrected chi connectivity index (χ1v) is 7.52. The molecule has 2 fully saturated rings. The van der Waals surface area contributed by atoms with Crippen molar-refractivity contribution in [2.75, 3.05) is 26.2 Å². The molecule has 1 amide bonds. The highest BCUT2D eigenvalue weighted by Crippen LogP contribution is 2.17. The van der Waals surface area contributed by atoms with Gasteiger partial charge in [-0.25, -0.2) is 0 Å². The van der Waals surface area contributed by atoms with Gasteiger partial charge in [0.15, 0.2) is 0 Å². The molecule has 1 atom stereocenters. The quantitative estimate of drug-likeness (QED) is 0.773. The molecule has 6 heteroatoms. The number of nitrogens with zero attached hydrogens (tertiary/aromatic N) is 1. The Bertz CT molecular complexity index is 334. The highest BCUT2D eigenvalue weighted by Gasteiger charge is 2.29. The molecule has 0 spiro atoms. The van der Waals surface area contributed by atoms with Crippen molar-refractivity contribution in [2.24, 2.45) is 0 Å². The van der Waals surface area contributed by atoms with Gasteiger partial charge in [0.2, 0.25) is 5.91 Å². The van der Waals surface area contributed by atoms with E-state index in [1.807, 2.05) is 4.90 Å². The minimum absolute atomic E-state index is 0.00627. The summed E-state index contributed by atoms with van der Waals surface area (Å²) in [6, 6.07) is -0.00627. The molecule has 0 aliphatic carbocycles. The SMILES string of the molecule is O=C(O)CCOC1CCN(C(=O)C2CCCCN2)CC1. The normalized spacial score (nSPS) is 24.6. The Labute approximate surface area is 119 Å². The number of piperidine rings is 2. The van der Waals surface area contributed by atoms with Crippen molar-refractivity contribution >= 4 is 11.9 Å². The molecule has 0 bridgehead atoms. The van der Waals surface area contributed by atoms with Gasteiger partial charge in [-0.1, -0.05) is 6.42 Å². The molecule has 2 aliphatic rings. The highest BCUT2D eigenvalue weighted by atomic mass is 16.5. The third-order valence-electron chi connectivity index (χ3n) is 4.03. The monoisotopic (exact) mass is 284 g/mol. The zero-order valence-electron chi connectivity index (χ0n) is 11.8. The molecule has 2 rings (SSSR count). The molecule has 2 heterocycles. The van der Waals surface area contributed by atoms with Crippen molar-refractivity contribution in [3.63, 3.8) is 0 Å². The first-order chi connectivity index (χ1) is 9.66. The Morgan fingerprint density at radius 1 is 1.20 bits per heavy atom. The maximum Gasteiger partial charge on any atom is 0.305 e. The Balaban J connectivity index is 1.68. The Hall–Kier alpha value is -1.14. The second kappa shape index (κ2) is 7.59. The molecule has 0 aromatic heterocycles. The summed E-state index contributed by atoms with van der Waals surface area (Å²) in [6.07, 6.45) is 4.97. The van der Waals surface area contributed by atoms with Gasteiger partial charge in [-0.2, -0.15) is 0 Å². The number of hydrogen-bond donors (Lipinski definition) is 2. The van der Waals surface area contributed by atoms with Crippen LogP contribution < -0.4 is 5.32 Å². The molecule has 0 aromatic carbocycles. The van der Waals surface area contributed by atoms with Gasteiger partial charge in [-0.05, 0) is 32.2 Å². The Morgan fingerprint density at radius 3 is 2.55 bits per heavy atom. The smallest absolute Gasteiger partial charge is 0.305 e. The molecule has 2 N–H and O–H groups in total. The predicted octanol–water partition coefficient (Wildman–Crippen LogP) is 0.611. The molecule has 2 aliphatic heterocycles. The molecule has 0 aromatic rings. The van der Waals surface area contributed by atoms with Crippen molar-refractivity contribution < 1.29 is 19.4 Å². The van der Waals surface area contributed by atoms with Crippen molar-refractivity contribution in [3.05, 3.63) is 0 Å². The number of amides is 1. The fraction of sp³-hybridized carbons (Fsp3) is 0.857. The van der Waals surface area contributed by atoms with Crippen LogP contribution in [0.5, 0.6) is 0 Å². The Morgan fingerprint density at radius 2 is 1.95 bits per heavy atom. The summed E-state index contributed by atoms with van der Waals surface area (Å²) in [5.74, 6) is -0.616. The Kier molecular flexibility index (Phi) is 5.79. The molecule has 0 saturated carbocycles. The van der Waals surface area contributed by atoms with E-state index >= 15 is 0 Å². The number of carboxylic acids is 1. The van der Waals surface area contributed by atoms with Gasteiger partial charge in [-0.15, -0.1) is 0 Å². The van der Waals surface area contributed by atoms with Gasteiger partial charge >= 0.3 is 5.97 Å². The summed E-state index contributed by atoms with van der Waals surface area (Å²) in [6.45, 7) is 2.63. The van der Waals surface area contributed by atoms with Crippen molar-refractivity contribution in [1.82, 2.24) is 10.2 Å². The number of carbonyl (C=O) groups excluding carboxylic acids is 1. The largest absolute Gasteiger partial charge is 0.481 e. The molecule has 0 radical (unpaired) electrons. The van der Waals surface area contributed by atoms with Crippen LogP contribution in [0, 0.1) is 0 Å². The van der Waals surface area contributed by atoms with E-state index in [1.165, 1.54) is 0 Å². The maximum absolute atomic E-state index is 12.3. The zero-order valence-corrected chi connectivity index (χ0v) is 11.8. The number of aliphatic carboxylic acids is 1. The molecule has 20 heavy (non-hydrogen) atoms. The standard InChI is InChI=1S/C14H24N2O4/c17-13(18)6-10-20-11-4-8-16(9-5-11)14(19)12-3-1-2-7-15-12/h11-12,15H,1-10H2,(H,17,18). The van der Waals surface area contributed by atoms with E-state index in [0.29, 0.717) is 0 Å². The molecular weight excluding hydrogens is 260 g/mol. The topological polar surface area (TPSA) is 78.9 Å². The number of likely N-dealkylation sites (tertiary alicyclic amines) is 1. The summed E-state index contributed by atoms with van der Waals surface area (Å²) in [5, 5.41) is 11.8. The van der Waals surface area contributed by atoms with E-state index in [0.717, 1.165) is 51.7 Å².